The van der Waals surface area contributed by atoms with Gasteiger partial charge in [0.15, 0.2) is 24.7 Å². The smallest absolute Gasteiger partial charge is 0.187 e. The zero-order valence-electron chi connectivity index (χ0n) is 35.6. The molecule has 1 spiro atoms. The normalized spacial score (nSPS) is 57.7. The van der Waals surface area contributed by atoms with Crippen LogP contribution < -0.4 is 0 Å². The monoisotopic (exact) mass is 854 g/mol. The van der Waals surface area contributed by atoms with E-state index in [4.69, 9.17) is 37.9 Å². The minimum Gasteiger partial charge on any atom is -0.394 e. The van der Waals surface area contributed by atoms with Crippen molar-refractivity contribution in [2.45, 2.75) is 196 Å². The minimum absolute atomic E-state index is 0.00194. The van der Waals surface area contributed by atoms with Crippen LogP contribution in [0.4, 0.5) is 0 Å². The second-order valence-electron chi connectivity index (χ2n) is 20.6. The van der Waals surface area contributed by atoms with Gasteiger partial charge in [-0.1, -0.05) is 39.3 Å². The van der Waals surface area contributed by atoms with Crippen LogP contribution in [0.3, 0.4) is 0 Å². The molecule has 0 aromatic rings. The first-order valence-electron chi connectivity index (χ1n) is 22.8. The molecule has 0 aromatic heterocycles. The summed E-state index contributed by atoms with van der Waals surface area (Å²) in [5.41, 5.74) is 1.56. The Kier molecular flexibility index (Phi) is 12.2. The average molecular weight is 855 g/mol. The standard InChI is InChI=1S/C44H70O16/c1-19-8-13-44(53-18-19)20(2)30-27(60-44)15-26-24-7-6-22-14-23(9-11-42(22,4)25(24)10-12-43(26,30)5)55-41-36(52)38(59-39-35(51)33(49)31(47)21(3)54-39)37(29(17-46)57-41)58-40-34(50)32(48)28(16-45)56-40/h6,19-21,23-41,45-52H,7-18H2,1-5H3/t19-,20+,21+,23+,24-,25+,26+,27+,28+,29-,30+,31+,32+,33-,34-,35-,36+,37-,38-,39-,40+,41-,42+,43+,44-/m1/s1. The highest BCUT2D eigenvalue weighted by Gasteiger charge is 2.69. The highest BCUT2D eigenvalue weighted by Crippen LogP contribution is 2.70. The molecule has 3 saturated carbocycles. The van der Waals surface area contributed by atoms with E-state index >= 15 is 0 Å². The second-order valence-corrected chi connectivity index (χ2v) is 20.6. The van der Waals surface area contributed by atoms with E-state index in [1.54, 1.807) is 0 Å². The molecular formula is C44H70O16. The molecule has 25 atom stereocenters. The van der Waals surface area contributed by atoms with Gasteiger partial charge < -0.3 is 78.7 Å². The van der Waals surface area contributed by atoms with E-state index in [0.717, 1.165) is 45.1 Å². The first-order valence-corrected chi connectivity index (χ1v) is 22.8. The van der Waals surface area contributed by atoms with Crippen LogP contribution in [0.15, 0.2) is 11.6 Å². The summed E-state index contributed by atoms with van der Waals surface area (Å²) in [4.78, 5) is 0. The molecule has 16 nitrogen and oxygen atoms in total. The molecule has 5 heterocycles. The average Bonchev–Trinajstić information content (AvgIpc) is 3.79. The van der Waals surface area contributed by atoms with Gasteiger partial charge >= 0.3 is 0 Å². The zero-order valence-corrected chi connectivity index (χ0v) is 35.6. The first-order chi connectivity index (χ1) is 28.5. The number of hydrogen-bond acceptors (Lipinski definition) is 16. The minimum atomic E-state index is -1.73. The van der Waals surface area contributed by atoms with Crippen molar-refractivity contribution in [1.82, 2.24) is 0 Å². The number of fused-ring (bicyclic) bond motifs is 7. The van der Waals surface area contributed by atoms with E-state index in [0.29, 0.717) is 48.3 Å². The van der Waals surface area contributed by atoms with E-state index in [1.807, 2.05) is 0 Å². The summed E-state index contributed by atoms with van der Waals surface area (Å²) in [5.74, 6) is 2.69. The van der Waals surface area contributed by atoms with Gasteiger partial charge in [0.2, 0.25) is 0 Å². The summed E-state index contributed by atoms with van der Waals surface area (Å²) in [7, 11) is 0. The Morgan fingerprint density at radius 1 is 0.700 bits per heavy atom. The van der Waals surface area contributed by atoms with Gasteiger partial charge in [-0.3, -0.25) is 0 Å². The largest absolute Gasteiger partial charge is 0.394 e. The van der Waals surface area contributed by atoms with Crippen LogP contribution in [-0.2, 0) is 37.9 Å². The van der Waals surface area contributed by atoms with Crippen molar-refractivity contribution in [2.24, 2.45) is 46.3 Å². The number of aliphatic hydroxyl groups is 8. The fourth-order valence-electron chi connectivity index (χ4n) is 13.8. The molecule has 16 heteroatoms. The maximum Gasteiger partial charge on any atom is 0.187 e. The van der Waals surface area contributed by atoms with Gasteiger partial charge in [0.1, 0.15) is 61.0 Å². The summed E-state index contributed by atoms with van der Waals surface area (Å²) >= 11 is 0. The highest BCUT2D eigenvalue weighted by atomic mass is 16.8. The van der Waals surface area contributed by atoms with Gasteiger partial charge in [0.25, 0.3) is 0 Å². The van der Waals surface area contributed by atoms with E-state index in [1.165, 1.54) is 18.9 Å². The lowest BCUT2D eigenvalue weighted by Gasteiger charge is -2.58. The fourth-order valence-corrected chi connectivity index (χ4v) is 13.8. The third-order valence-electron chi connectivity index (χ3n) is 17.3. The van der Waals surface area contributed by atoms with Gasteiger partial charge in [-0.15, -0.1) is 0 Å². The van der Waals surface area contributed by atoms with Crippen LogP contribution in [0.2, 0.25) is 0 Å². The van der Waals surface area contributed by atoms with Crippen molar-refractivity contribution < 1.29 is 78.7 Å². The molecule has 0 bridgehead atoms. The molecule has 4 aliphatic carbocycles. The van der Waals surface area contributed by atoms with E-state index in [2.05, 4.69) is 33.8 Å². The third-order valence-corrected chi connectivity index (χ3v) is 17.3. The highest BCUT2D eigenvalue weighted by molar-refractivity contribution is 5.26. The quantitative estimate of drug-likeness (QED) is 0.158. The van der Waals surface area contributed by atoms with E-state index in [9.17, 15) is 40.9 Å². The predicted molar refractivity (Wildman–Crippen MR) is 208 cm³/mol. The Bertz CT molecular complexity index is 1560. The number of ether oxygens (including phenoxy) is 8. The maximum atomic E-state index is 12.0. The second kappa shape index (κ2) is 16.5. The van der Waals surface area contributed by atoms with Crippen molar-refractivity contribution in [3.05, 3.63) is 11.6 Å². The molecule has 8 N–H and O–H groups in total. The molecule has 0 aromatic carbocycles. The molecule has 0 radical (unpaired) electrons. The Morgan fingerprint density at radius 3 is 2.08 bits per heavy atom. The van der Waals surface area contributed by atoms with Gasteiger partial charge in [-0.25, -0.2) is 0 Å². The topological polar surface area (TPSA) is 236 Å². The Morgan fingerprint density at radius 2 is 1.38 bits per heavy atom. The molecule has 60 heavy (non-hydrogen) atoms. The Hall–Kier alpha value is -0.900. The van der Waals surface area contributed by atoms with Gasteiger partial charge in [-0.2, -0.15) is 0 Å². The van der Waals surface area contributed by atoms with Crippen LogP contribution in [0.1, 0.15) is 92.4 Å². The van der Waals surface area contributed by atoms with Crippen LogP contribution in [-0.4, -0.2) is 165 Å². The van der Waals surface area contributed by atoms with Gasteiger partial charge in [0.05, 0.1) is 38.1 Å². The lowest BCUT2D eigenvalue weighted by Crippen LogP contribution is -2.65. The number of hydrogen-bond donors (Lipinski definition) is 8. The van der Waals surface area contributed by atoms with Crippen molar-refractivity contribution in [2.75, 3.05) is 19.8 Å². The van der Waals surface area contributed by atoms with Crippen LogP contribution in [0, 0.1) is 46.3 Å². The molecule has 0 amide bonds. The molecule has 8 fully saturated rings. The van der Waals surface area contributed by atoms with Crippen molar-refractivity contribution in [1.29, 1.82) is 0 Å². The molecule has 9 rings (SSSR count). The Labute approximate surface area is 352 Å². The van der Waals surface area contributed by atoms with Crippen LogP contribution in [0.5, 0.6) is 0 Å². The molecule has 342 valence electrons. The zero-order chi connectivity index (χ0) is 42.6. The number of allylic oxidation sites excluding steroid dienone is 1. The summed E-state index contributed by atoms with van der Waals surface area (Å²) in [6.07, 6.45) is -8.89. The molecule has 5 saturated heterocycles. The summed E-state index contributed by atoms with van der Waals surface area (Å²) in [6, 6.07) is 0. The van der Waals surface area contributed by atoms with Crippen molar-refractivity contribution in [3.8, 4) is 0 Å². The van der Waals surface area contributed by atoms with E-state index in [-0.39, 0.29) is 23.0 Å². The molecule has 5 aliphatic heterocycles. The molecular weight excluding hydrogens is 784 g/mol. The number of rotatable bonds is 8. The molecule has 0 unspecified atom stereocenters. The SMILES string of the molecule is C[C@@H]1CC[C@@]2(OC1)O[C@H]1C[C@H]3[C@@H]4CC=C5C[C@@H](O[C@@H]6O[C@H](CO)[C@@H](O[C@@H]7O[C@@H](CO)[C@H](O)[C@H]7O)[C@H](O[C@H]7O[C@@H](C)[C@H](O)[C@@H](O)[C@H]7O)[C@@H]6O)CC[C@]5(C)[C@H]4CC[C@]3(C)[C@H]1[C@@H]2C. The Balaban J connectivity index is 0.901. The van der Waals surface area contributed by atoms with E-state index < -0.39 is 105 Å². The predicted octanol–water partition coefficient (Wildman–Crippen LogP) is 0.853. The van der Waals surface area contributed by atoms with Gasteiger partial charge in [-0.05, 0) is 98.7 Å². The molecule has 9 aliphatic rings. The fraction of sp³-hybridized carbons (Fsp3) is 0.955. The number of aliphatic hydroxyl groups excluding tert-OH is 8. The maximum absolute atomic E-state index is 12.0. The van der Waals surface area contributed by atoms with Gasteiger partial charge in [0, 0.05) is 12.3 Å². The third kappa shape index (κ3) is 7.10. The summed E-state index contributed by atoms with van der Waals surface area (Å²) in [6.45, 7) is 10.6. The lowest BCUT2D eigenvalue weighted by atomic mass is 9.47. The van der Waals surface area contributed by atoms with Crippen LogP contribution in [0.25, 0.3) is 0 Å². The van der Waals surface area contributed by atoms with Crippen molar-refractivity contribution >= 4 is 0 Å². The van der Waals surface area contributed by atoms with Crippen molar-refractivity contribution in [3.63, 3.8) is 0 Å². The summed E-state index contributed by atoms with van der Waals surface area (Å²) in [5, 5.41) is 85.0. The lowest BCUT2D eigenvalue weighted by molar-refractivity contribution is -0.376. The first kappa shape index (κ1) is 44.3. The van der Waals surface area contributed by atoms with Crippen LogP contribution >= 0.6 is 0 Å². The summed E-state index contributed by atoms with van der Waals surface area (Å²) < 4.78 is 49.7.